The number of guanidine groups is 1. The second-order valence-electron chi connectivity index (χ2n) is 7.76. The molecule has 2 fully saturated rings. The summed E-state index contributed by atoms with van der Waals surface area (Å²) in [5.74, 6) is 0.926. The maximum Gasteiger partial charge on any atom is 0.191 e. The molecular weight excluding hydrogens is 330 g/mol. The summed E-state index contributed by atoms with van der Waals surface area (Å²) in [6.45, 7) is 6.88. The molecule has 152 valence electrons. The van der Waals surface area contributed by atoms with Gasteiger partial charge < -0.3 is 29.9 Å². The molecule has 2 heterocycles. The highest BCUT2D eigenvalue weighted by Crippen LogP contribution is 2.25. The van der Waals surface area contributed by atoms with Crippen LogP contribution < -0.4 is 10.6 Å². The Kier molecular flexibility index (Phi) is 9.11. The van der Waals surface area contributed by atoms with Crippen LogP contribution in [-0.2, 0) is 9.47 Å². The van der Waals surface area contributed by atoms with Crippen LogP contribution in [-0.4, -0.2) is 102 Å². The Bertz CT molecular complexity index is 416. The Morgan fingerprint density at radius 1 is 1.27 bits per heavy atom. The average Bonchev–Trinajstić information content (AvgIpc) is 2.67. The molecule has 2 saturated heterocycles. The van der Waals surface area contributed by atoms with Crippen LogP contribution in [0.4, 0.5) is 0 Å². The van der Waals surface area contributed by atoms with Crippen molar-refractivity contribution in [2.45, 2.75) is 43.7 Å². The molecule has 2 aliphatic rings. The van der Waals surface area contributed by atoms with E-state index in [0.717, 1.165) is 71.2 Å². The Hall–Kier alpha value is -0.890. The predicted octanol–water partition coefficient (Wildman–Crippen LogP) is 0.763. The minimum absolute atomic E-state index is 0.153. The highest BCUT2D eigenvalue weighted by Gasteiger charge is 2.35. The molecule has 2 N–H and O–H groups in total. The summed E-state index contributed by atoms with van der Waals surface area (Å²) >= 11 is 0. The third-order valence-electron chi connectivity index (χ3n) is 5.93. The molecule has 2 rings (SSSR count). The maximum atomic E-state index is 5.56. The smallest absolute Gasteiger partial charge is 0.191 e. The van der Waals surface area contributed by atoms with Gasteiger partial charge in [-0.05, 0) is 46.2 Å². The average molecular weight is 370 g/mol. The number of aliphatic imine (C=N–C) groups is 1. The SMILES string of the molecule is CN=C(NCC1(N(C)C)CCOCC1)NC1CCN(CCCOC)CC1. The van der Waals surface area contributed by atoms with Gasteiger partial charge in [0.1, 0.15) is 0 Å². The summed E-state index contributed by atoms with van der Waals surface area (Å²) in [4.78, 5) is 9.33. The van der Waals surface area contributed by atoms with Crippen molar-refractivity contribution in [3.63, 3.8) is 0 Å². The first kappa shape index (κ1) is 21.4. The molecule has 0 unspecified atom stereocenters. The highest BCUT2D eigenvalue weighted by atomic mass is 16.5. The van der Waals surface area contributed by atoms with Crippen molar-refractivity contribution in [3.05, 3.63) is 0 Å². The molecule has 26 heavy (non-hydrogen) atoms. The van der Waals surface area contributed by atoms with Crippen LogP contribution in [0, 0.1) is 0 Å². The van der Waals surface area contributed by atoms with E-state index in [9.17, 15) is 0 Å². The minimum Gasteiger partial charge on any atom is -0.385 e. The number of hydrogen-bond donors (Lipinski definition) is 2. The summed E-state index contributed by atoms with van der Waals surface area (Å²) < 4.78 is 10.7. The van der Waals surface area contributed by atoms with E-state index in [4.69, 9.17) is 9.47 Å². The Balaban J connectivity index is 1.74. The van der Waals surface area contributed by atoms with E-state index in [1.54, 1.807) is 7.11 Å². The molecule has 0 aromatic rings. The van der Waals surface area contributed by atoms with Crippen LogP contribution in [0.25, 0.3) is 0 Å². The Labute approximate surface area is 159 Å². The molecule has 2 aliphatic heterocycles. The standard InChI is InChI=1S/C19H39N5O2/c1-20-18(21-16-19(23(2)3)8-14-26-15-9-19)22-17-6-11-24(12-7-17)10-5-13-25-4/h17H,5-16H2,1-4H3,(H2,20,21,22). The summed E-state index contributed by atoms with van der Waals surface area (Å²) in [6.07, 6.45) is 5.57. The number of ether oxygens (including phenoxy) is 2. The quantitative estimate of drug-likeness (QED) is 0.374. The summed E-state index contributed by atoms with van der Waals surface area (Å²) in [5.41, 5.74) is 0.153. The fourth-order valence-electron chi connectivity index (χ4n) is 3.90. The van der Waals surface area contributed by atoms with E-state index in [1.165, 1.54) is 12.8 Å². The fraction of sp³-hybridized carbons (Fsp3) is 0.947. The van der Waals surface area contributed by atoms with Gasteiger partial charge in [0.05, 0.1) is 0 Å². The molecule has 7 nitrogen and oxygen atoms in total. The summed E-state index contributed by atoms with van der Waals surface area (Å²) in [5, 5.41) is 7.20. The Morgan fingerprint density at radius 3 is 2.54 bits per heavy atom. The Morgan fingerprint density at radius 2 is 1.96 bits per heavy atom. The monoisotopic (exact) mass is 369 g/mol. The first-order valence-corrected chi connectivity index (χ1v) is 10.0. The minimum atomic E-state index is 0.153. The molecule has 0 spiro atoms. The van der Waals surface area contributed by atoms with Gasteiger partial charge in [-0.2, -0.15) is 0 Å². The lowest BCUT2D eigenvalue weighted by Crippen LogP contribution is -2.58. The van der Waals surface area contributed by atoms with E-state index < -0.39 is 0 Å². The summed E-state index contributed by atoms with van der Waals surface area (Å²) in [7, 11) is 7.97. The van der Waals surface area contributed by atoms with E-state index in [2.05, 4.69) is 39.5 Å². The van der Waals surface area contributed by atoms with E-state index in [1.807, 2.05) is 7.05 Å². The lowest BCUT2D eigenvalue weighted by atomic mass is 9.88. The number of piperidine rings is 1. The molecule has 0 aromatic heterocycles. The lowest BCUT2D eigenvalue weighted by Gasteiger charge is -2.43. The van der Waals surface area contributed by atoms with Crippen molar-refractivity contribution in [3.8, 4) is 0 Å². The number of likely N-dealkylation sites (N-methyl/N-ethyl adjacent to an activating group) is 1. The van der Waals surface area contributed by atoms with Crippen LogP contribution in [0.15, 0.2) is 4.99 Å². The van der Waals surface area contributed by atoms with Crippen LogP contribution >= 0.6 is 0 Å². The topological polar surface area (TPSA) is 61.4 Å². The van der Waals surface area contributed by atoms with Crippen LogP contribution in [0.2, 0.25) is 0 Å². The third-order valence-corrected chi connectivity index (χ3v) is 5.93. The van der Waals surface area contributed by atoms with E-state index in [0.29, 0.717) is 6.04 Å². The van der Waals surface area contributed by atoms with Crippen molar-refractivity contribution in [2.24, 2.45) is 4.99 Å². The van der Waals surface area contributed by atoms with Gasteiger partial charge in [-0.3, -0.25) is 4.99 Å². The normalized spacial score (nSPS) is 22.6. The zero-order valence-corrected chi connectivity index (χ0v) is 17.2. The number of likely N-dealkylation sites (tertiary alicyclic amines) is 1. The van der Waals surface area contributed by atoms with Crippen LogP contribution in [0.3, 0.4) is 0 Å². The molecule has 0 aliphatic carbocycles. The van der Waals surface area contributed by atoms with Gasteiger partial charge in [0, 0.05) is 71.7 Å². The summed E-state index contributed by atoms with van der Waals surface area (Å²) in [6, 6.07) is 0.505. The van der Waals surface area contributed by atoms with Crippen molar-refractivity contribution in [1.29, 1.82) is 0 Å². The molecule has 0 amide bonds. The second-order valence-corrected chi connectivity index (χ2v) is 7.76. The molecular formula is C19H39N5O2. The first-order chi connectivity index (χ1) is 12.6. The van der Waals surface area contributed by atoms with Gasteiger partial charge in [0.25, 0.3) is 0 Å². The van der Waals surface area contributed by atoms with E-state index >= 15 is 0 Å². The zero-order chi connectivity index (χ0) is 18.8. The number of nitrogens with one attached hydrogen (secondary N) is 2. The fourth-order valence-corrected chi connectivity index (χ4v) is 3.90. The largest absolute Gasteiger partial charge is 0.385 e. The van der Waals surface area contributed by atoms with E-state index in [-0.39, 0.29) is 5.54 Å². The van der Waals surface area contributed by atoms with Crippen molar-refractivity contribution in [2.75, 3.05) is 74.3 Å². The number of nitrogens with zero attached hydrogens (tertiary/aromatic N) is 3. The maximum absolute atomic E-state index is 5.56. The van der Waals surface area contributed by atoms with Gasteiger partial charge in [0.15, 0.2) is 5.96 Å². The van der Waals surface area contributed by atoms with Gasteiger partial charge in [-0.25, -0.2) is 0 Å². The second kappa shape index (κ2) is 11.1. The number of hydrogen-bond acceptors (Lipinski definition) is 5. The van der Waals surface area contributed by atoms with Crippen molar-refractivity contribution in [1.82, 2.24) is 20.4 Å². The molecule has 7 heteroatoms. The molecule has 0 saturated carbocycles. The zero-order valence-electron chi connectivity index (χ0n) is 17.2. The molecule has 0 bridgehead atoms. The molecule has 0 atom stereocenters. The highest BCUT2D eigenvalue weighted by molar-refractivity contribution is 5.80. The molecule has 0 aromatic carbocycles. The van der Waals surface area contributed by atoms with Crippen molar-refractivity contribution >= 4 is 5.96 Å². The van der Waals surface area contributed by atoms with Crippen LogP contribution in [0.1, 0.15) is 32.1 Å². The van der Waals surface area contributed by atoms with Crippen molar-refractivity contribution < 1.29 is 9.47 Å². The number of rotatable bonds is 8. The van der Waals surface area contributed by atoms with Gasteiger partial charge in [-0.1, -0.05) is 0 Å². The van der Waals surface area contributed by atoms with Crippen LogP contribution in [0.5, 0.6) is 0 Å². The van der Waals surface area contributed by atoms with Gasteiger partial charge >= 0.3 is 0 Å². The molecule has 0 radical (unpaired) electrons. The number of methoxy groups -OCH3 is 1. The van der Waals surface area contributed by atoms with Gasteiger partial charge in [-0.15, -0.1) is 0 Å². The third kappa shape index (κ3) is 6.37. The lowest BCUT2D eigenvalue weighted by molar-refractivity contribution is -0.00504. The van der Waals surface area contributed by atoms with Gasteiger partial charge in [0.2, 0.25) is 0 Å². The first-order valence-electron chi connectivity index (χ1n) is 10.0. The predicted molar refractivity (Wildman–Crippen MR) is 107 cm³/mol.